The highest BCUT2D eigenvalue weighted by atomic mass is 32.2. The van der Waals surface area contributed by atoms with Gasteiger partial charge in [-0.15, -0.1) is 11.8 Å². The summed E-state index contributed by atoms with van der Waals surface area (Å²) in [6.45, 7) is 0. The number of nitrogens with one attached hydrogen (secondary N) is 1. The van der Waals surface area contributed by atoms with Gasteiger partial charge in [0.1, 0.15) is 0 Å². The molecule has 0 unspecified atom stereocenters. The van der Waals surface area contributed by atoms with Gasteiger partial charge >= 0.3 is 5.97 Å². The standard InChI is InChI=1S/C6H6N2O2S/c9-6(10)5-7-3-1-11-2-4(3)8-5/h1-2H2,(H,7,8)(H,9,10). The predicted molar refractivity (Wildman–Crippen MR) is 40.5 cm³/mol. The van der Waals surface area contributed by atoms with E-state index >= 15 is 0 Å². The zero-order chi connectivity index (χ0) is 7.84. The minimum absolute atomic E-state index is 0.0651. The van der Waals surface area contributed by atoms with E-state index in [1.165, 1.54) is 0 Å². The number of aromatic nitrogens is 2. The molecular weight excluding hydrogens is 164 g/mol. The summed E-state index contributed by atoms with van der Waals surface area (Å²) < 4.78 is 0. The Hall–Kier alpha value is -0.970. The van der Waals surface area contributed by atoms with E-state index in [1.807, 2.05) is 0 Å². The molecule has 0 saturated carbocycles. The lowest BCUT2D eigenvalue weighted by Crippen LogP contribution is -1.99. The Bertz CT molecular complexity index is 286. The van der Waals surface area contributed by atoms with E-state index in [4.69, 9.17) is 5.11 Å². The summed E-state index contributed by atoms with van der Waals surface area (Å²) in [6.07, 6.45) is 0. The number of imidazole rings is 1. The van der Waals surface area contributed by atoms with Crippen LogP contribution in [0.1, 0.15) is 22.0 Å². The lowest BCUT2D eigenvalue weighted by Gasteiger charge is -1.86. The molecule has 1 aliphatic heterocycles. The number of carbonyl (C=O) groups is 1. The van der Waals surface area contributed by atoms with Gasteiger partial charge < -0.3 is 10.1 Å². The molecule has 2 N–H and O–H groups in total. The third kappa shape index (κ3) is 1.01. The second-order valence-electron chi connectivity index (χ2n) is 2.31. The number of H-pyrrole nitrogens is 1. The Labute approximate surface area is 67.0 Å². The molecule has 1 aliphatic rings. The van der Waals surface area contributed by atoms with Gasteiger partial charge in [0.05, 0.1) is 5.69 Å². The highest BCUT2D eigenvalue weighted by Crippen LogP contribution is 2.27. The van der Waals surface area contributed by atoms with Gasteiger partial charge in [-0.05, 0) is 0 Å². The van der Waals surface area contributed by atoms with Crippen LogP contribution in [0, 0.1) is 0 Å². The summed E-state index contributed by atoms with van der Waals surface area (Å²) in [5.74, 6) is 0.772. The van der Waals surface area contributed by atoms with Gasteiger partial charge in [-0.2, -0.15) is 0 Å². The van der Waals surface area contributed by atoms with Crippen molar-refractivity contribution < 1.29 is 9.90 Å². The normalized spacial score (nSPS) is 14.9. The molecule has 11 heavy (non-hydrogen) atoms. The van der Waals surface area contributed by atoms with Crippen LogP contribution in [-0.4, -0.2) is 21.0 Å². The summed E-state index contributed by atoms with van der Waals surface area (Å²) in [6, 6.07) is 0. The summed E-state index contributed by atoms with van der Waals surface area (Å²) in [4.78, 5) is 17.1. The Balaban J connectivity index is 2.42. The van der Waals surface area contributed by atoms with Crippen LogP contribution in [0.15, 0.2) is 0 Å². The second kappa shape index (κ2) is 2.27. The van der Waals surface area contributed by atoms with Crippen LogP contribution >= 0.6 is 11.8 Å². The SMILES string of the molecule is O=C(O)c1nc2c([nH]1)CSC2. The van der Waals surface area contributed by atoms with Crippen LogP contribution in [0.4, 0.5) is 0 Å². The predicted octanol–water partition coefficient (Wildman–Crippen LogP) is 0.855. The van der Waals surface area contributed by atoms with Crippen molar-refractivity contribution in [2.45, 2.75) is 11.5 Å². The van der Waals surface area contributed by atoms with Gasteiger partial charge in [-0.25, -0.2) is 9.78 Å². The van der Waals surface area contributed by atoms with Crippen LogP contribution in [0.3, 0.4) is 0 Å². The Morgan fingerprint density at radius 3 is 3.09 bits per heavy atom. The molecule has 0 fully saturated rings. The van der Waals surface area contributed by atoms with E-state index in [2.05, 4.69) is 9.97 Å². The average molecular weight is 170 g/mol. The van der Waals surface area contributed by atoms with Gasteiger partial charge in [-0.1, -0.05) is 0 Å². The number of fused-ring (bicyclic) bond motifs is 1. The number of carboxylic acids is 1. The fourth-order valence-corrected chi connectivity index (χ4v) is 2.01. The van der Waals surface area contributed by atoms with Crippen molar-refractivity contribution in [2.24, 2.45) is 0 Å². The van der Waals surface area contributed by atoms with Gasteiger partial charge in [0.15, 0.2) is 0 Å². The van der Waals surface area contributed by atoms with E-state index < -0.39 is 5.97 Å². The van der Waals surface area contributed by atoms with Crippen molar-refractivity contribution in [3.8, 4) is 0 Å². The molecule has 58 valence electrons. The molecule has 1 aromatic heterocycles. The number of carboxylic acid groups (broad SMARTS) is 1. The summed E-state index contributed by atoms with van der Waals surface area (Å²) in [5.41, 5.74) is 1.86. The Kier molecular flexibility index (Phi) is 1.38. The van der Waals surface area contributed by atoms with Gasteiger partial charge in [0, 0.05) is 17.2 Å². The lowest BCUT2D eigenvalue weighted by molar-refractivity contribution is 0.0684. The van der Waals surface area contributed by atoms with Gasteiger partial charge in [0.25, 0.3) is 0 Å². The molecule has 0 aliphatic carbocycles. The molecule has 5 heteroatoms. The summed E-state index contributed by atoms with van der Waals surface area (Å²) >= 11 is 1.74. The van der Waals surface area contributed by atoms with Crippen molar-refractivity contribution in [1.82, 2.24) is 9.97 Å². The number of hydrogen-bond donors (Lipinski definition) is 2. The Morgan fingerprint density at radius 2 is 2.45 bits per heavy atom. The van der Waals surface area contributed by atoms with E-state index in [-0.39, 0.29) is 5.82 Å². The number of thioether (sulfide) groups is 1. The minimum atomic E-state index is -0.982. The minimum Gasteiger partial charge on any atom is -0.475 e. The molecule has 0 amide bonds. The number of rotatable bonds is 1. The quantitative estimate of drug-likeness (QED) is 0.655. The van der Waals surface area contributed by atoms with Crippen LogP contribution < -0.4 is 0 Å². The molecule has 2 rings (SSSR count). The Morgan fingerprint density at radius 1 is 1.64 bits per heavy atom. The van der Waals surface area contributed by atoms with Gasteiger partial charge in [-0.3, -0.25) is 0 Å². The maximum Gasteiger partial charge on any atom is 0.371 e. The van der Waals surface area contributed by atoms with Crippen molar-refractivity contribution in [3.05, 3.63) is 17.2 Å². The molecule has 1 aromatic rings. The van der Waals surface area contributed by atoms with E-state index in [0.717, 1.165) is 22.9 Å². The number of hydrogen-bond acceptors (Lipinski definition) is 3. The van der Waals surface area contributed by atoms with Crippen molar-refractivity contribution in [2.75, 3.05) is 0 Å². The van der Waals surface area contributed by atoms with E-state index in [1.54, 1.807) is 11.8 Å². The fraction of sp³-hybridized carbons (Fsp3) is 0.333. The fourth-order valence-electron chi connectivity index (χ4n) is 1.04. The first-order valence-corrected chi connectivity index (χ1v) is 4.31. The molecule has 4 nitrogen and oxygen atoms in total. The molecule has 0 aromatic carbocycles. The molecule has 2 heterocycles. The molecule has 0 spiro atoms. The van der Waals surface area contributed by atoms with Crippen molar-refractivity contribution >= 4 is 17.7 Å². The van der Waals surface area contributed by atoms with Crippen LogP contribution in [0.5, 0.6) is 0 Å². The van der Waals surface area contributed by atoms with E-state index in [9.17, 15) is 4.79 Å². The summed E-state index contributed by atoms with van der Waals surface area (Å²) in [7, 11) is 0. The molecular formula is C6H6N2O2S. The highest BCUT2D eigenvalue weighted by Gasteiger charge is 2.18. The third-order valence-corrected chi connectivity index (χ3v) is 2.52. The smallest absolute Gasteiger partial charge is 0.371 e. The topological polar surface area (TPSA) is 66.0 Å². The first-order valence-electron chi connectivity index (χ1n) is 3.16. The van der Waals surface area contributed by atoms with Crippen LogP contribution in [0.25, 0.3) is 0 Å². The number of aromatic amines is 1. The second-order valence-corrected chi connectivity index (χ2v) is 3.29. The van der Waals surface area contributed by atoms with Crippen LogP contribution in [0.2, 0.25) is 0 Å². The average Bonchev–Trinajstić information content (AvgIpc) is 2.40. The van der Waals surface area contributed by atoms with E-state index in [0.29, 0.717) is 0 Å². The maximum atomic E-state index is 10.4. The third-order valence-electron chi connectivity index (χ3n) is 1.55. The lowest BCUT2D eigenvalue weighted by atomic mass is 10.4. The van der Waals surface area contributed by atoms with Gasteiger partial charge in [0.2, 0.25) is 5.82 Å². The molecule has 0 saturated heterocycles. The number of aromatic carboxylic acids is 1. The summed E-state index contributed by atoms with van der Waals surface area (Å²) in [5, 5.41) is 8.54. The van der Waals surface area contributed by atoms with Crippen molar-refractivity contribution in [1.29, 1.82) is 0 Å². The zero-order valence-electron chi connectivity index (χ0n) is 5.63. The maximum absolute atomic E-state index is 10.4. The molecule has 0 atom stereocenters. The first kappa shape index (κ1) is 6.72. The largest absolute Gasteiger partial charge is 0.475 e. The van der Waals surface area contributed by atoms with Crippen molar-refractivity contribution in [3.63, 3.8) is 0 Å². The number of nitrogens with zero attached hydrogens (tertiary/aromatic N) is 1. The molecule has 0 bridgehead atoms. The van der Waals surface area contributed by atoms with Crippen LogP contribution in [-0.2, 0) is 11.5 Å². The molecule has 0 radical (unpaired) electrons. The zero-order valence-corrected chi connectivity index (χ0v) is 6.44. The monoisotopic (exact) mass is 170 g/mol. The highest BCUT2D eigenvalue weighted by molar-refractivity contribution is 7.98. The first-order chi connectivity index (χ1) is 5.27.